The molecule has 0 spiro atoms. The van der Waals surface area contributed by atoms with Gasteiger partial charge in [0.25, 0.3) is 0 Å². The maximum Gasteiger partial charge on any atom is 0.122 e. The van der Waals surface area contributed by atoms with Gasteiger partial charge >= 0.3 is 0 Å². The van der Waals surface area contributed by atoms with Gasteiger partial charge in [-0.05, 0) is 73.9 Å². The Bertz CT molecular complexity index is 999. The van der Waals surface area contributed by atoms with E-state index >= 15 is 0 Å². The lowest BCUT2D eigenvalue weighted by Crippen LogP contribution is -2.40. The quantitative estimate of drug-likeness (QED) is 0.493. The standard InChI is InChI=1S/C28H36N2O2/c31-23(20-32-28-13-7-5-10-24(28)21-8-2-1-3-9-21)19-30-16-14-22(15-17-30)26-18-29-27-12-6-4-11-25(26)27/h4-7,10-13,18,21-23,29,31H,1-3,8-9,14-17,19-20H2. The van der Waals surface area contributed by atoms with Crippen LogP contribution in [0.2, 0.25) is 0 Å². The average molecular weight is 433 g/mol. The molecule has 4 heteroatoms. The summed E-state index contributed by atoms with van der Waals surface area (Å²) >= 11 is 0. The molecule has 170 valence electrons. The topological polar surface area (TPSA) is 48.5 Å². The third-order valence-corrected chi connectivity index (χ3v) is 7.51. The molecule has 1 aliphatic heterocycles. The number of rotatable bonds is 7. The highest BCUT2D eigenvalue weighted by Gasteiger charge is 2.24. The lowest BCUT2D eigenvalue weighted by atomic mass is 9.84. The molecule has 0 amide bonds. The average Bonchev–Trinajstić information content (AvgIpc) is 3.28. The number of hydrogen-bond donors (Lipinski definition) is 2. The molecule has 2 heterocycles. The van der Waals surface area contributed by atoms with Gasteiger partial charge in [0.1, 0.15) is 18.5 Å². The lowest BCUT2D eigenvalue weighted by Gasteiger charge is -2.33. The molecule has 32 heavy (non-hydrogen) atoms. The molecule has 0 radical (unpaired) electrons. The smallest absolute Gasteiger partial charge is 0.122 e. The lowest BCUT2D eigenvalue weighted by molar-refractivity contribution is 0.0590. The van der Waals surface area contributed by atoms with Gasteiger partial charge in [-0.2, -0.15) is 0 Å². The number of hydrogen-bond acceptors (Lipinski definition) is 3. The second kappa shape index (κ2) is 10.1. The Hall–Kier alpha value is -2.30. The first-order valence-corrected chi connectivity index (χ1v) is 12.5. The first-order valence-electron chi connectivity index (χ1n) is 12.5. The van der Waals surface area contributed by atoms with Gasteiger partial charge in [0.15, 0.2) is 0 Å². The summed E-state index contributed by atoms with van der Waals surface area (Å²) in [5, 5.41) is 12.0. The maximum absolute atomic E-state index is 10.7. The molecule has 3 aromatic rings. The SMILES string of the molecule is OC(COc1ccccc1C1CCCCC1)CN1CCC(c2c[nH]c3ccccc23)CC1. The fourth-order valence-corrected chi connectivity index (χ4v) is 5.76. The molecule has 2 N–H and O–H groups in total. The Morgan fingerprint density at radius 3 is 2.44 bits per heavy atom. The van der Waals surface area contributed by atoms with Crippen LogP contribution in [0.4, 0.5) is 0 Å². The van der Waals surface area contributed by atoms with E-state index in [0.717, 1.165) is 31.7 Å². The van der Waals surface area contributed by atoms with Crippen LogP contribution < -0.4 is 4.74 Å². The van der Waals surface area contributed by atoms with Crippen LogP contribution in [0.1, 0.15) is 67.9 Å². The fraction of sp³-hybridized carbons (Fsp3) is 0.500. The highest BCUT2D eigenvalue weighted by atomic mass is 16.5. The molecule has 1 atom stereocenters. The van der Waals surface area contributed by atoms with Gasteiger partial charge in [-0.25, -0.2) is 0 Å². The predicted molar refractivity (Wildman–Crippen MR) is 130 cm³/mol. The number of aromatic amines is 1. The number of benzene rings is 2. The van der Waals surface area contributed by atoms with Crippen molar-refractivity contribution in [2.24, 2.45) is 0 Å². The summed E-state index contributed by atoms with van der Waals surface area (Å²) in [6.07, 6.45) is 10.5. The number of aromatic nitrogens is 1. The van der Waals surface area contributed by atoms with Crippen molar-refractivity contribution in [3.05, 3.63) is 65.9 Å². The largest absolute Gasteiger partial charge is 0.491 e. The highest BCUT2D eigenvalue weighted by Crippen LogP contribution is 2.37. The molecule has 2 fully saturated rings. The van der Waals surface area contributed by atoms with Crippen LogP contribution in [0, 0.1) is 0 Å². The maximum atomic E-state index is 10.7. The van der Waals surface area contributed by atoms with Crippen LogP contribution >= 0.6 is 0 Å². The molecule has 1 saturated carbocycles. The number of β-amino-alcohol motifs (C(OH)–C–C–N with tert-alkyl or cyclic N) is 1. The molecule has 4 nitrogen and oxygen atoms in total. The Morgan fingerprint density at radius 2 is 1.59 bits per heavy atom. The molecule has 0 bridgehead atoms. The summed E-state index contributed by atoms with van der Waals surface area (Å²) in [6, 6.07) is 17.0. The van der Waals surface area contributed by atoms with E-state index in [9.17, 15) is 5.11 Å². The van der Waals surface area contributed by atoms with Gasteiger partial charge in [0.2, 0.25) is 0 Å². The number of fused-ring (bicyclic) bond motifs is 1. The normalized spacial score (nSPS) is 19.9. The zero-order chi connectivity index (χ0) is 21.8. The van der Waals surface area contributed by atoms with E-state index in [0.29, 0.717) is 25.0 Å². The Balaban J connectivity index is 1.12. The minimum absolute atomic E-state index is 0.367. The minimum Gasteiger partial charge on any atom is -0.491 e. The molecular weight excluding hydrogens is 396 g/mol. The molecular formula is C28H36N2O2. The third-order valence-electron chi connectivity index (χ3n) is 7.51. The predicted octanol–water partition coefficient (Wildman–Crippen LogP) is 5.83. The van der Waals surface area contributed by atoms with Gasteiger partial charge in [0.05, 0.1) is 0 Å². The van der Waals surface area contributed by atoms with Crippen molar-refractivity contribution < 1.29 is 9.84 Å². The summed E-state index contributed by atoms with van der Waals surface area (Å²) in [5.74, 6) is 2.18. The summed E-state index contributed by atoms with van der Waals surface area (Å²) in [5.41, 5.74) is 4.01. The Morgan fingerprint density at radius 1 is 0.875 bits per heavy atom. The number of H-pyrrole nitrogens is 1. The summed E-state index contributed by atoms with van der Waals surface area (Å²) in [7, 11) is 0. The van der Waals surface area contributed by atoms with Crippen molar-refractivity contribution in [3.63, 3.8) is 0 Å². The fourth-order valence-electron chi connectivity index (χ4n) is 5.76. The second-order valence-corrected chi connectivity index (χ2v) is 9.70. The highest BCUT2D eigenvalue weighted by molar-refractivity contribution is 5.83. The molecule has 1 saturated heterocycles. The van der Waals surface area contributed by atoms with Gasteiger partial charge in [-0.1, -0.05) is 55.7 Å². The number of aliphatic hydroxyl groups excluding tert-OH is 1. The van der Waals surface area contributed by atoms with Gasteiger partial charge in [-0.3, -0.25) is 0 Å². The first kappa shape index (κ1) is 21.5. The van der Waals surface area contributed by atoms with Crippen LogP contribution in [0.25, 0.3) is 10.9 Å². The van der Waals surface area contributed by atoms with Crippen molar-refractivity contribution in [1.29, 1.82) is 0 Å². The molecule has 2 aliphatic rings. The monoisotopic (exact) mass is 432 g/mol. The number of piperidine rings is 1. The van der Waals surface area contributed by atoms with Gasteiger partial charge in [-0.15, -0.1) is 0 Å². The van der Waals surface area contributed by atoms with Crippen LogP contribution in [0.15, 0.2) is 54.7 Å². The van der Waals surface area contributed by atoms with Gasteiger partial charge < -0.3 is 19.7 Å². The Labute approximate surface area is 191 Å². The summed E-state index contributed by atoms with van der Waals surface area (Å²) < 4.78 is 6.14. The van der Waals surface area contributed by atoms with Crippen molar-refractivity contribution in [2.75, 3.05) is 26.2 Å². The molecule has 2 aromatic carbocycles. The third kappa shape index (κ3) is 4.87. The number of nitrogens with one attached hydrogen (secondary N) is 1. The van der Waals surface area contributed by atoms with E-state index in [2.05, 4.69) is 58.5 Å². The zero-order valence-electron chi connectivity index (χ0n) is 19.0. The van der Waals surface area contributed by atoms with E-state index in [1.165, 1.54) is 54.1 Å². The van der Waals surface area contributed by atoms with Crippen molar-refractivity contribution in [1.82, 2.24) is 9.88 Å². The van der Waals surface area contributed by atoms with E-state index in [4.69, 9.17) is 4.74 Å². The van der Waals surface area contributed by atoms with E-state index < -0.39 is 6.10 Å². The molecule has 1 unspecified atom stereocenters. The van der Waals surface area contributed by atoms with Crippen molar-refractivity contribution in [2.45, 2.75) is 62.9 Å². The molecule has 5 rings (SSSR count). The van der Waals surface area contributed by atoms with Crippen LogP contribution in [0.3, 0.4) is 0 Å². The summed E-state index contributed by atoms with van der Waals surface area (Å²) in [4.78, 5) is 5.81. The number of para-hydroxylation sites is 2. The van der Waals surface area contributed by atoms with E-state index in [-0.39, 0.29) is 0 Å². The van der Waals surface area contributed by atoms with Crippen molar-refractivity contribution in [3.8, 4) is 5.75 Å². The van der Waals surface area contributed by atoms with E-state index in [1.54, 1.807) is 0 Å². The van der Waals surface area contributed by atoms with E-state index in [1.807, 2.05) is 6.07 Å². The summed E-state index contributed by atoms with van der Waals surface area (Å²) in [6.45, 7) is 3.11. The molecule has 1 aliphatic carbocycles. The number of likely N-dealkylation sites (tertiary alicyclic amines) is 1. The number of nitrogens with zero attached hydrogens (tertiary/aromatic N) is 1. The number of aliphatic hydroxyl groups is 1. The Kier molecular flexibility index (Phi) is 6.80. The van der Waals surface area contributed by atoms with Crippen LogP contribution in [0.5, 0.6) is 5.75 Å². The van der Waals surface area contributed by atoms with Gasteiger partial charge in [0, 0.05) is 23.6 Å². The zero-order valence-corrected chi connectivity index (χ0v) is 19.0. The molecule has 1 aromatic heterocycles. The second-order valence-electron chi connectivity index (χ2n) is 9.70. The van der Waals surface area contributed by atoms with Crippen LogP contribution in [-0.2, 0) is 0 Å². The first-order chi connectivity index (χ1) is 15.8. The van der Waals surface area contributed by atoms with Crippen molar-refractivity contribution >= 4 is 10.9 Å². The minimum atomic E-state index is -0.459. The number of ether oxygens (including phenoxy) is 1. The van der Waals surface area contributed by atoms with Crippen LogP contribution in [-0.4, -0.2) is 47.3 Å².